The molecule has 0 aromatic heterocycles. The fourth-order valence-corrected chi connectivity index (χ4v) is 2.79. The van der Waals surface area contributed by atoms with Gasteiger partial charge in [-0.1, -0.05) is 6.92 Å². The molecule has 0 fully saturated rings. The van der Waals surface area contributed by atoms with Crippen molar-refractivity contribution in [3.63, 3.8) is 0 Å². The predicted molar refractivity (Wildman–Crippen MR) is 89.3 cm³/mol. The van der Waals surface area contributed by atoms with E-state index < -0.39 is 5.97 Å². The van der Waals surface area contributed by atoms with Crippen LogP contribution in [-0.4, -0.2) is 65.1 Å². The van der Waals surface area contributed by atoms with Gasteiger partial charge >= 0.3 is 11.9 Å². The van der Waals surface area contributed by atoms with Crippen LogP contribution < -0.4 is 15.7 Å². The van der Waals surface area contributed by atoms with Gasteiger partial charge in [-0.2, -0.15) is 4.99 Å². The smallest absolute Gasteiger partial charge is 0.371 e. The number of aliphatic imine (C=N–C) groups is 1. The van der Waals surface area contributed by atoms with Crippen molar-refractivity contribution in [2.24, 2.45) is 10.7 Å². The highest BCUT2D eigenvalue weighted by Gasteiger charge is 2.45. The molecule has 0 saturated carbocycles. The minimum absolute atomic E-state index is 0.0703. The Bertz CT molecular complexity index is 551. The molecule has 4 N–H and O–H groups in total. The minimum atomic E-state index is -0.995. The van der Waals surface area contributed by atoms with Crippen molar-refractivity contribution >= 4 is 33.8 Å². The molecule has 2 unspecified atom stereocenters. The van der Waals surface area contributed by atoms with E-state index >= 15 is 0 Å². The van der Waals surface area contributed by atoms with Crippen LogP contribution in [0.15, 0.2) is 16.5 Å². The molecule has 9 nitrogen and oxygen atoms in total. The molecule has 2 heterocycles. The van der Waals surface area contributed by atoms with Crippen LogP contribution in [-0.2, 0) is 9.59 Å². The van der Waals surface area contributed by atoms with Crippen LogP contribution >= 0.6 is 15.9 Å². The number of quaternary nitrogens is 1. The molecular weight excluding hydrogens is 382 g/mol. The second-order valence-corrected chi connectivity index (χ2v) is 6.21. The molecule has 2 atom stereocenters. The highest BCUT2D eigenvalue weighted by atomic mass is 79.9. The molecule has 2 rings (SSSR count). The molecule has 0 bridgehead atoms. The lowest BCUT2D eigenvalue weighted by molar-refractivity contribution is -0.696. The number of nitrogens with zero attached hydrogens (tertiary/aromatic N) is 3. The van der Waals surface area contributed by atoms with E-state index in [-0.39, 0.29) is 30.0 Å². The Labute approximate surface area is 149 Å². The molecule has 0 spiro atoms. The third-order valence-corrected chi connectivity index (χ3v) is 4.78. The maximum absolute atomic E-state index is 12.3. The van der Waals surface area contributed by atoms with E-state index in [0.717, 1.165) is 12.8 Å². The number of alkyl halides is 1. The molecule has 0 aromatic carbocycles. The van der Waals surface area contributed by atoms with E-state index in [0.29, 0.717) is 23.0 Å². The van der Waals surface area contributed by atoms with Crippen LogP contribution in [0.4, 0.5) is 0 Å². The number of aliphatic carboxylic acids is 1. The maximum Gasteiger partial charge on any atom is 0.371 e. The number of aliphatic hydroxyl groups excluding tert-OH is 1. The van der Waals surface area contributed by atoms with Gasteiger partial charge in [0.2, 0.25) is 0 Å². The third-order valence-electron chi connectivity index (χ3n) is 3.68. The van der Waals surface area contributed by atoms with Gasteiger partial charge in [-0.15, -0.1) is 0 Å². The number of guanidine groups is 1. The Balaban J connectivity index is 0.000000505. The van der Waals surface area contributed by atoms with Crippen molar-refractivity contribution in [3.8, 4) is 0 Å². The molecule has 0 radical (unpaired) electrons. The Kier molecular flexibility index (Phi) is 7.64. The lowest BCUT2D eigenvalue weighted by Crippen LogP contribution is -3.16. The largest absolute Gasteiger partial charge is 0.550 e. The summed E-state index contributed by atoms with van der Waals surface area (Å²) in [5.41, 5.74) is 6.37. The van der Waals surface area contributed by atoms with E-state index in [1.165, 1.54) is 6.92 Å². The molecular formula is C14H24BrN5O4. The molecule has 0 saturated heterocycles. The van der Waals surface area contributed by atoms with Gasteiger partial charge in [0.05, 0.1) is 7.05 Å². The monoisotopic (exact) mass is 405 g/mol. The van der Waals surface area contributed by atoms with Crippen molar-refractivity contribution in [2.45, 2.75) is 31.3 Å². The summed E-state index contributed by atoms with van der Waals surface area (Å²) < 4.78 is 0. The fourth-order valence-electron chi connectivity index (χ4n) is 2.19. The molecule has 136 valence electrons. The number of likely N-dealkylation sites (N-methyl/N-ethyl adjacent to an activating group) is 2. The first-order chi connectivity index (χ1) is 11.3. The number of nitrogens with two attached hydrogens (primary N) is 1. The fraction of sp³-hybridized carbons (Fsp3) is 0.643. The van der Waals surface area contributed by atoms with Crippen molar-refractivity contribution in [1.29, 1.82) is 0 Å². The summed E-state index contributed by atoms with van der Waals surface area (Å²) in [6, 6.07) is 0. The van der Waals surface area contributed by atoms with Crippen LogP contribution in [0.2, 0.25) is 0 Å². The molecule has 10 heteroatoms. The number of aliphatic hydroxyl groups is 1. The maximum atomic E-state index is 12.3. The number of carbonyl (C=O) groups excluding carboxylic acids is 2. The Hall–Kier alpha value is -1.65. The number of hydrogen-bond donors (Lipinski definition) is 3. The topological polar surface area (TPSA) is 127 Å². The predicted octanol–water partition coefficient (Wildman–Crippen LogP) is -2.63. The Morgan fingerprint density at radius 3 is 2.58 bits per heavy atom. The third kappa shape index (κ3) is 4.46. The van der Waals surface area contributed by atoms with Crippen LogP contribution in [0, 0.1) is 0 Å². The van der Waals surface area contributed by atoms with E-state index in [4.69, 9.17) is 10.8 Å². The van der Waals surface area contributed by atoms with Gasteiger partial charge in [0.1, 0.15) is 0 Å². The number of carbonyl (C=O) groups is 2. The van der Waals surface area contributed by atoms with E-state index in [1.807, 2.05) is 16.8 Å². The first-order valence-corrected chi connectivity index (χ1v) is 8.59. The van der Waals surface area contributed by atoms with Crippen LogP contribution in [0.3, 0.4) is 0 Å². The van der Waals surface area contributed by atoms with Crippen LogP contribution in [0.5, 0.6) is 0 Å². The van der Waals surface area contributed by atoms with Crippen molar-refractivity contribution in [3.05, 3.63) is 11.5 Å². The summed E-state index contributed by atoms with van der Waals surface area (Å²) in [4.78, 5) is 30.2. The first kappa shape index (κ1) is 20.4. The number of rotatable bonds is 5. The van der Waals surface area contributed by atoms with Gasteiger partial charge in [-0.25, -0.2) is 9.69 Å². The number of carboxylic acids is 1. The lowest BCUT2D eigenvalue weighted by atomic mass is 10.3. The summed E-state index contributed by atoms with van der Waals surface area (Å²) in [6.45, 7) is 2.41. The average Bonchev–Trinajstić information content (AvgIpc) is 2.78. The van der Waals surface area contributed by atoms with Gasteiger partial charge in [-0.05, 0) is 35.2 Å². The molecule has 0 aromatic rings. The summed E-state index contributed by atoms with van der Waals surface area (Å²) in [7, 11) is 3.54. The van der Waals surface area contributed by atoms with Crippen LogP contribution in [0.1, 0.15) is 26.2 Å². The summed E-state index contributed by atoms with van der Waals surface area (Å²) in [5, 5.41) is 18.0. The molecule has 24 heavy (non-hydrogen) atoms. The normalized spacial score (nSPS) is 22.9. The second-order valence-electron chi connectivity index (χ2n) is 5.39. The zero-order valence-corrected chi connectivity index (χ0v) is 15.7. The van der Waals surface area contributed by atoms with Crippen molar-refractivity contribution in [2.75, 3.05) is 27.2 Å². The molecule has 2 aliphatic heterocycles. The number of hydrogen-bond acceptors (Lipinski definition) is 8. The Morgan fingerprint density at radius 2 is 2.08 bits per heavy atom. The SMILES string of the molecule is CCC(=O)[O-].CN1C2=C(N=C(N)[NH+](C)C2=O)N(CCCCO)C1Br. The lowest BCUT2D eigenvalue weighted by Gasteiger charge is -2.26. The van der Waals surface area contributed by atoms with Crippen LogP contribution in [0.25, 0.3) is 0 Å². The van der Waals surface area contributed by atoms with Gasteiger partial charge in [0.15, 0.2) is 16.6 Å². The average molecular weight is 406 g/mol. The zero-order valence-electron chi connectivity index (χ0n) is 14.1. The summed E-state index contributed by atoms with van der Waals surface area (Å²) in [6.07, 6.45) is 1.66. The van der Waals surface area contributed by atoms with Crippen molar-refractivity contribution in [1.82, 2.24) is 9.80 Å². The van der Waals surface area contributed by atoms with Gasteiger partial charge in [0, 0.05) is 26.2 Å². The van der Waals surface area contributed by atoms with Gasteiger partial charge in [-0.3, -0.25) is 0 Å². The molecule has 1 amide bonds. The second kappa shape index (κ2) is 9.00. The summed E-state index contributed by atoms with van der Waals surface area (Å²) >= 11 is 3.56. The summed E-state index contributed by atoms with van der Waals surface area (Å²) in [5.74, 6) is -0.162. The number of halogens is 1. The Morgan fingerprint density at radius 1 is 1.50 bits per heavy atom. The standard InChI is InChI=1S/C11H18BrN5O2.C3H6O2/c1-15-7-8(14-11(13)16(2)9(7)19)17(10(15)12)5-3-4-6-18;1-2-3(4)5/h10,18H,3-6H2,1-2H3,(H2,13,14);2H2,1H3,(H,4,5). The quantitative estimate of drug-likeness (QED) is 0.259. The van der Waals surface area contributed by atoms with E-state index in [9.17, 15) is 14.7 Å². The first-order valence-electron chi connectivity index (χ1n) is 7.67. The van der Waals surface area contributed by atoms with Crippen molar-refractivity contribution < 1.29 is 24.7 Å². The molecule has 2 aliphatic rings. The highest BCUT2D eigenvalue weighted by molar-refractivity contribution is 9.09. The minimum Gasteiger partial charge on any atom is -0.550 e. The highest BCUT2D eigenvalue weighted by Crippen LogP contribution is 2.32. The number of amides is 1. The number of carboxylic acid groups (broad SMARTS) is 1. The van der Waals surface area contributed by atoms with Gasteiger partial charge < -0.3 is 30.5 Å². The number of nitrogens with one attached hydrogen (secondary N) is 1. The van der Waals surface area contributed by atoms with Gasteiger partial charge in [0.25, 0.3) is 0 Å². The van der Waals surface area contributed by atoms with E-state index in [1.54, 1.807) is 7.05 Å². The zero-order chi connectivity index (χ0) is 18.4. The molecule has 0 aliphatic carbocycles. The van der Waals surface area contributed by atoms with E-state index in [2.05, 4.69) is 20.9 Å². The number of unbranched alkanes of at least 4 members (excludes halogenated alkanes) is 1.